The van der Waals surface area contributed by atoms with Gasteiger partial charge in [0, 0.05) is 28.3 Å². The SMILES string of the molecule is O=C(NN=Cc1ccc(-c2ccc([N+](=O)[O-])cc2Cl)o1)c1ccc(Cl)cc1. The van der Waals surface area contributed by atoms with Gasteiger partial charge in [0.15, 0.2) is 0 Å². The molecule has 0 saturated heterocycles. The highest BCUT2D eigenvalue weighted by atomic mass is 35.5. The van der Waals surface area contributed by atoms with Gasteiger partial charge in [-0.1, -0.05) is 23.2 Å². The number of non-ortho nitro benzene ring substituents is 1. The number of furan rings is 1. The Hall–Kier alpha value is -3.16. The van der Waals surface area contributed by atoms with E-state index in [-0.39, 0.29) is 10.7 Å². The van der Waals surface area contributed by atoms with Gasteiger partial charge in [0.05, 0.1) is 16.2 Å². The van der Waals surface area contributed by atoms with Crippen molar-refractivity contribution >= 4 is 41.0 Å². The summed E-state index contributed by atoms with van der Waals surface area (Å²) in [5.41, 5.74) is 3.18. The maximum atomic E-state index is 11.9. The minimum atomic E-state index is -0.529. The molecule has 0 bridgehead atoms. The molecule has 0 aliphatic carbocycles. The lowest BCUT2D eigenvalue weighted by atomic mass is 10.1. The number of amides is 1. The Morgan fingerprint density at radius 3 is 2.52 bits per heavy atom. The van der Waals surface area contributed by atoms with Crippen LogP contribution in [0.3, 0.4) is 0 Å². The first-order valence-electron chi connectivity index (χ1n) is 7.57. The molecule has 1 N–H and O–H groups in total. The molecule has 0 aliphatic heterocycles. The van der Waals surface area contributed by atoms with E-state index in [1.54, 1.807) is 36.4 Å². The Kier molecular flexibility index (Phi) is 5.54. The molecule has 0 radical (unpaired) electrons. The number of hydrogen-bond donors (Lipinski definition) is 1. The van der Waals surface area contributed by atoms with Crippen molar-refractivity contribution in [2.75, 3.05) is 0 Å². The normalized spacial score (nSPS) is 10.9. The van der Waals surface area contributed by atoms with Crippen LogP contribution >= 0.6 is 23.2 Å². The third-order valence-electron chi connectivity index (χ3n) is 3.52. The van der Waals surface area contributed by atoms with Gasteiger partial charge in [-0.2, -0.15) is 5.10 Å². The molecule has 7 nitrogen and oxygen atoms in total. The van der Waals surface area contributed by atoms with E-state index in [0.29, 0.717) is 27.7 Å². The summed E-state index contributed by atoms with van der Waals surface area (Å²) in [5, 5.41) is 15.3. The molecule has 1 heterocycles. The van der Waals surface area contributed by atoms with Crippen molar-refractivity contribution in [1.29, 1.82) is 0 Å². The number of nitrogens with one attached hydrogen (secondary N) is 1. The van der Waals surface area contributed by atoms with Crippen LogP contribution in [-0.2, 0) is 0 Å². The van der Waals surface area contributed by atoms with Crippen LogP contribution in [0.25, 0.3) is 11.3 Å². The number of carbonyl (C=O) groups is 1. The predicted octanol–water partition coefficient (Wildman–Crippen LogP) is 4.93. The number of carbonyl (C=O) groups excluding carboxylic acids is 1. The van der Waals surface area contributed by atoms with Crippen LogP contribution in [-0.4, -0.2) is 17.0 Å². The molecule has 1 aromatic heterocycles. The van der Waals surface area contributed by atoms with Gasteiger partial charge < -0.3 is 4.42 Å². The molecule has 0 spiro atoms. The van der Waals surface area contributed by atoms with Crippen LogP contribution in [0, 0.1) is 10.1 Å². The summed E-state index contributed by atoms with van der Waals surface area (Å²) in [6.07, 6.45) is 1.33. The summed E-state index contributed by atoms with van der Waals surface area (Å²) >= 11 is 11.8. The molecule has 136 valence electrons. The third kappa shape index (κ3) is 4.52. The minimum Gasteiger partial charge on any atom is -0.455 e. The summed E-state index contributed by atoms with van der Waals surface area (Å²) in [6.45, 7) is 0. The Bertz CT molecular complexity index is 1030. The number of hydrogen-bond acceptors (Lipinski definition) is 5. The van der Waals surface area contributed by atoms with Crippen molar-refractivity contribution in [3.05, 3.63) is 86.1 Å². The molecular weight excluding hydrogens is 393 g/mol. The molecular formula is C18H11Cl2N3O4. The van der Waals surface area contributed by atoms with Crippen molar-refractivity contribution in [3.63, 3.8) is 0 Å². The topological polar surface area (TPSA) is 97.7 Å². The second kappa shape index (κ2) is 8.03. The van der Waals surface area contributed by atoms with E-state index in [2.05, 4.69) is 10.5 Å². The molecule has 0 atom stereocenters. The van der Waals surface area contributed by atoms with Crippen LogP contribution in [0.15, 0.2) is 64.1 Å². The van der Waals surface area contributed by atoms with Crippen molar-refractivity contribution in [2.24, 2.45) is 5.10 Å². The van der Waals surface area contributed by atoms with E-state index in [9.17, 15) is 14.9 Å². The first-order chi connectivity index (χ1) is 12.9. The van der Waals surface area contributed by atoms with Gasteiger partial charge >= 0.3 is 0 Å². The maximum Gasteiger partial charge on any atom is 0.271 e. The first-order valence-corrected chi connectivity index (χ1v) is 8.33. The van der Waals surface area contributed by atoms with Crippen molar-refractivity contribution in [1.82, 2.24) is 5.43 Å². The fraction of sp³-hybridized carbons (Fsp3) is 0. The van der Waals surface area contributed by atoms with E-state index < -0.39 is 10.8 Å². The number of nitrogens with zero attached hydrogens (tertiary/aromatic N) is 2. The quantitative estimate of drug-likeness (QED) is 0.371. The fourth-order valence-electron chi connectivity index (χ4n) is 2.20. The molecule has 9 heteroatoms. The average molecular weight is 404 g/mol. The zero-order valence-corrected chi connectivity index (χ0v) is 15.1. The van der Waals surface area contributed by atoms with Crippen LogP contribution in [0.1, 0.15) is 16.1 Å². The molecule has 1 amide bonds. The van der Waals surface area contributed by atoms with E-state index >= 15 is 0 Å². The van der Waals surface area contributed by atoms with E-state index in [1.165, 1.54) is 24.4 Å². The Morgan fingerprint density at radius 1 is 1.11 bits per heavy atom. The smallest absolute Gasteiger partial charge is 0.271 e. The van der Waals surface area contributed by atoms with Crippen LogP contribution in [0.4, 0.5) is 5.69 Å². The summed E-state index contributed by atoms with van der Waals surface area (Å²) < 4.78 is 5.58. The van der Waals surface area contributed by atoms with Gasteiger partial charge in [-0.3, -0.25) is 14.9 Å². The molecule has 0 aliphatic rings. The average Bonchev–Trinajstić information content (AvgIpc) is 3.10. The van der Waals surface area contributed by atoms with Gasteiger partial charge in [-0.05, 0) is 42.5 Å². The second-order valence-electron chi connectivity index (χ2n) is 5.33. The van der Waals surface area contributed by atoms with Crippen molar-refractivity contribution in [2.45, 2.75) is 0 Å². The van der Waals surface area contributed by atoms with Gasteiger partial charge in [-0.25, -0.2) is 5.43 Å². The largest absolute Gasteiger partial charge is 0.455 e. The molecule has 3 rings (SSSR count). The summed E-state index contributed by atoms with van der Waals surface area (Å²) in [5.74, 6) is 0.393. The number of benzene rings is 2. The molecule has 2 aromatic carbocycles. The lowest BCUT2D eigenvalue weighted by molar-refractivity contribution is -0.384. The Morgan fingerprint density at radius 2 is 1.85 bits per heavy atom. The predicted molar refractivity (Wildman–Crippen MR) is 102 cm³/mol. The standard InChI is InChI=1S/C18H11Cl2N3O4/c19-12-3-1-11(2-4-12)18(24)22-21-10-14-6-8-17(27-14)15-7-5-13(23(25)26)9-16(15)20/h1-10H,(H,22,24). The number of hydrazone groups is 1. The maximum absolute atomic E-state index is 11.9. The molecule has 3 aromatic rings. The minimum absolute atomic E-state index is 0.109. The number of nitro benzene ring substituents is 1. The van der Waals surface area contributed by atoms with Crippen LogP contribution in [0.5, 0.6) is 0 Å². The Balaban J connectivity index is 1.69. The van der Waals surface area contributed by atoms with Gasteiger partial charge in [0.2, 0.25) is 0 Å². The monoisotopic (exact) mass is 403 g/mol. The Labute approximate surface area is 163 Å². The van der Waals surface area contributed by atoms with Crippen molar-refractivity contribution < 1.29 is 14.1 Å². The van der Waals surface area contributed by atoms with Crippen LogP contribution < -0.4 is 5.43 Å². The van der Waals surface area contributed by atoms with Crippen molar-refractivity contribution in [3.8, 4) is 11.3 Å². The van der Waals surface area contributed by atoms with Gasteiger partial charge in [0.1, 0.15) is 11.5 Å². The third-order valence-corrected chi connectivity index (χ3v) is 4.08. The first kappa shape index (κ1) is 18.6. The highest BCUT2D eigenvalue weighted by molar-refractivity contribution is 6.33. The lowest BCUT2D eigenvalue weighted by Crippen LogP contribution is -2.17. The second-order valence-corrected chi connectivity index (χ2v) is 6.17. The highest BCUT2D eigenvalue weighted by Crippen LogP contribution is 2.32. The highest BCUT2D eigenvalue weighted by Gasteiger charge is 2.13. The van der Waals surface area contributed by atoms with Gasteiger partial charge in [0.25, 0.3) is 11.6 Å². The number of halogens is 2. The number of rotatable bonds is 5. The van der Waals surface area contributed by atoms with E-state index in [0.717, 1.165) is 0 Å². The van der Waals surface area contributed by atoms with Gasteiger partial charge in [-0.15, -0.1) is 0 Å². The molecule has 0 unspecified atom stereocenters. The zero-order valence-electron chi connectivity index (χ0n) is 13.6. The number of nitro groups is 1. The molecule has 0 fully saturated rings. The fourth-order valence-corrected chi connectivity index (χ4v) is 2.60. The summed E-state index contributed by atoms with van der Waals surface area (Å²) in [7, 11) is 0. The molecule has 27 heavy (non-hydrogen) atoms. The summed E-state index contributed by atoms with van der Waals surface area (Å²) in [6, 6.07) is 13.7. The van der Waals surface area contributed by atoms with E-state index in [1.807, 2.05) is 0 Å². The van der Waals surface area contributed by atoms with Crippen LogP contribution in [0.2, 0.25) is 10.0 Å². The summed E-state index contributed by atoms with van der Waals surface area (Å²) in [4.78, 5) is 22.2. The zero-order chi connectivity index (χ0) is 19.4. The van der Waals surface area contributed by atoms with E-state index in [4.69, 9.17) is 27.6 Å². The molecule has 0 saturated carbocycles. The lowest BCUT2D eigenvalue weighted by Gasteiger charge is -2.00.